The molecule has 256 valence electrons. The first-order chi connectivity index (χ1) is 23.1. The largest absolute Gasteiger partial charge is 0.394 e. The van der Waals surface area contributed by atoms with Crippen LogP contribution in [0, 0.1) is 0 Å². The van der Waals surface area contributed by atoms with Crippen molar-refractivity contribution in [3.05, 3.63) is 131 Å². The zero-order valence-electron chi connectivity index (χ0n) is 28.1. The van der Waals surface area contributed by atoms with E-state index in [1.54, 1.807) is 0 Å². The van der Waals surface area contributed by atoms with Gasteiger partial charge in [0.15, 0.2) is 0 Å². The summed E-state index contributed by atoms with van der Waals surface area (Å²) < 4.78 is 0. The number of hydrogen-bond acceptors (Lipinski definition) is 8. The van der Waals surface area contributed by atoms with Crippen molar-refractivity contribution in [2.75, 3.05) is 26.4 Å². The van der Waals surface area contributed by atoms with E-state index >= 15 is 0 Å². The van der Waals surface area contributed by atoms with E-state index in [4.69, 9.17) is 21.5 Å². The van der Waals surface area contributed by atoms with Crippen LogP contribution < -0.4 is 11.5 Å². The van der Waals surface area contributed by atoms with E-state index in [1.807, 2.05) is 18.2 Å². The fourth-order valence-electron chi connectivity index (χ4n) is 5.63. The molecule has 0 aliphatic rings. The lowest BCUT2D eigenvalue weighted by Crippen LogP contribution is -2.47. The molecule has 0 aliphatic carbocycles. The number of aryl methyl sites for hydroxylation is 2. The van der Waals surface area contributed by atoms with Crippen molar-refractivity contribution in [2.24, 2.45) is 16.6 Å². The van der Waals surface area contributed by atoms with Crippen molar-refractivity contribution in [2.45, 2.75) is 69.1 Å². The lowest BCUT2D eigenvalue weighted by molar-refractivity contribution is 0.114. The Kier molecular flexibility index (Phi) is 13.5. The van der Waals surface area contributed by atoms with Gasteiger partial charge >= 0.3 is 0 Å². The van der Waals surface area contributed by atoms with Gasteiger partial charge in [-0.05, 0) is 64.6 Å². The number of benzene rings is 4. The predicted molar refractivity (Wildman–Crippen MR) is 193 cm³/mol. The molecule has 4 aromatic rings. The average molecular weight is 654 g/mol. The molecular formula is C40H51N3O5. The van der Waals surface area contributed by atoms with Gasteiger partial charge in [-0.1, -0.05) is 122 Å². The first-order valence-electron chi connectivity index (χ1n) is 16.7. The molecule has 0 radical (unpaired) electrons. The smallest absolute Gasteiger partial charge is 0.142 e. The van der Waals surface area contributed by atoms with Gasteiger partial charge in [0.05, 0.1) is 43.2 Å². The van der Waals surface area contributed by atoms with Gasteiger partial charge in [-0.25, -0.2) is 0 Å². The highest BCUT2D eigenvalue weighted by Crippen LogP contribution is 2.29. The van der Waals surface area contributed by atoms with Crippen LogP contribution in [0.25, 0.3) is 11.1 Å². The molecule has 48 heavy (non-hydrogen) atoms. The van der Waals surface area contributed by atoms with Gasteiger partial charge in [0.25, 0.3) is 0 Å². The summed E-state index contributed by atoms with van der Waals surface area (Å²) in [7, 11) is 0. The van der Waals surface area contributed by atoms with Gasteiger partial charge in [0.1, 0.15) is 6.61 Å². The van der Waals surface area contributed by atoms with E-state index < -0.39 is 11.1 Å². The molecule has 2 unspecified atom stereocenters. The molecule has 0 amide bonds. The minimum Gasteiger partial charge on any atom is -0.394 e. The van der Waals surface area contributed by atoms with Crippen molar-refractivity contribution in [3.63, 3.8) is 0 Å². The molecule has 8 nitrogen and oxygen atoms in total. The van der Waals surface area contributed by atoms with E-state index in [0.717, 1.165) is 39.1 Å². The van der Waals surface area contributed by atoms with Crippen LogP contribution in [-0.2, 0) is 24.3 Å². The molecule has 4 aromatic carbocycles. The second kappa shape index (κ2) is 17.5. The van der Waals surface area contributed by atoms with Gasteiger partial charge in [-0.3, -0.25) is 0 Å². The fraction of sp³-hybridized carbons (Fsp3) is 0.375. The number of hydrogen-bond donors (Lipinski definition) is 6. The summed E-state index contributed by atoms with van der Waals surface area (Å²) in [6.07, 6.45) is 2.23. The second-order valence-electron chi connectivity index (χ2n) is 13.1. The molecule has 0 bridgehead atoms. The Morgan fingerprint density at radius 3 is 1.40 bits per heavy atom. The first kappa shape index (κ1) is 36.9. The summed E-state index contributed by atoms with van der Waals surface area (Å²) in [6, 6.07) is 35.2. The van der Waals surface area contributed by atoms with Crippen LogP contribution in [0.2, 0.25) is 0 Å². The maximum Gasteiger partial charge on any atom is 0.142 e. The highest BCUT2D eigenvalue weighted by molar-refractivity contribution is 5.95. The van der Waals surface area contributed by atoms with Crippen LogP contribution in [0.3, 0.4) is 0 Å². The Hall–Kier alpha value is -3.89. The molecule has 4 rings (SSSR count). The van der Waals surface area contributed by atoms with Crippen molar-refractivity contribution in [1.82, 2.24) is 0 Å². The van der Waals surface area contributed by atoms with Crippen LogP contribution in [0.1, 0.15) is 66.3 Å². The molecule has 0 saturated heterocycles. The van der Waals surface area contributed by atoms with Crippen molar-refractivity contribution in [1.29, 1.82) is 0 Å². The molecule has 0 aromatic heterocycles. The van der Waals surface area contributed by atoms with E-state index in [9.17, 15) is 20.4 Å². The maximum absolute atomic E-state index is 9.55. The number of rotatable bonds is 18. The van der Waals surface area contributed by atoms with Crippen molar-refractivity contribution in [3.8, 4) is 11.1 Å². The predicted octanol–water partition coefficient (Wildman–Crippen LogP) is 5.06. The second-order valence-corrected chi connectivity index (χ2v) is 13.1. The zero-order chi connectivity index (χ0) is 34.6. The zero-order valence-corrected chi connectivity index (χ0v) is 28.1. The topological polar surface area (TPSA) is 155 Å². The lowest BCUT2D eigenvalue weighted by Gasteiger charge is -2.25. The monoisotopic (exact) mass is 653 g/mol. The number of nitrogens with two attached hydrogens (primary N) is 2. The Morgan fingerprint density at radius 1 is 0.583 bits per heavy atom. The normalized spacial score (nSPS) is 13.2. The molecule has 0 heterocycles. The Morgan fingerprint density at radius 2 is 0.979 bits per heavy atom. The van der Waals surface area contributed by atoms with Crippen LogP contribution in [0.15, 0.2) is 108 Å². The minimum absolute atomic E-state index is 0.0513. The average Bonchev–Trinajstić information content (AvgIpc) is 3.15. The highest BCUT2D eigenvalue weighted by Gasteiger charge is 2.25. The quantitative estimate of drug-likeness (QED) is 0.0648. The molecule has 8 heteroatoms. The Labute approximate surface area is 284 Å². The molecule has 8 N–H and O–H groups in total. The molecule has 2 atom stereocenters. The van der Waals surface area contributed by atoms with Crippen LogP contribution in [-0.4, -0.2) is 63.6 Å². The van der Waals surface area contributed by atoms with Gasteiger partial charge in [0.2, 0.25) is 0 Å². The number of nitrogens with zero attached hydrogens (tertiary/aromatic N) is 1. The molecule has 0 spiro atoms. The van der Waals surface area contributed by atoms with E-state index in [0.29, 0.717) is 32.3 Å². The summed E-state index contributed by atoms with van der Waals surface area (Å²) in [6.45, 7) is 3.51. The highest BCUT2D eigenvalue weighted by atomic mass is 16.6. The maximum atomic E-state index is 9.55. The molecule has 0 saturated carbocycles. The Balaban J connectivity index is 1.52. The number of aliphatic hydroxyl groups excluding tert-OH is 4. The van der Waals surface area contributed by atoms with Crippen LogP contribution >= 0.6 is 0 Å². The minimum atomic E-state index is -0.999. The summed E-state index contributed by atoms with van der Waals surface area (Å²) in [5.74, 6) is -0.103. The molecule has 0 fully saturated rings. The molecular weight excluding hydrogens is 602 g/mol. The SMILES string of the molecule is CC(C(=NOCc1ccc(-c2ccccc2)cc1)C(C)c1ccc(CCC(N)(CO)CO)cc1)c1ccc(CCC(N)(CO)CO)cc1. The van der Waals surface area contributed by atoms with Crippen molar-refractivity contribution >= 4 is 5.71 Å². The van der Waals surface area contributed by atoms with Crippen LogP contribution in [0.5, 0.6) is 0 Å². The third-order valence-electron chi connectivity index (χ3n) is 9.39. The van der Waals surface area contributed by atoms with Gasteiger partial charge in [0, 0.05) is 11.8 Å². The summed E-state index contributed by atoms with van der Waals surface area (Å²) in [5.41, 5.74) is 18.7. The third kappa shape index (κ3) is 10.1. The summed E-state index contributed by atoms with van der Waals surface area (Å²) >= 11 is 0. The van der Waals surface area contributed by atoms with E-state index in [2.05, 4.69) is 98.8 Å². The first-order valence-corrected chi connectivity index (χ1v) is 16.7. The standard InChI is InChI=1S/C40H51N3O5/c1-29(34-14-8-31(9-15-34)20-22-39(41,25-44)26-45)38(30(2)35-16-10-32(11-17-35)21-23-40(42,27-46)28-47)43-48-24-33-12-18-37(19-13-33)36-6-4-3-5-7-36/h3-19,29-30,44-47H,20-28,41-42H2,1-2H3. The van der Waals surface area contributed by atoms with Gasteiger partial charge in [-0.2, -0.15) is 0 Å². The molecule has 0 aliphatic heterocycles. The number of aliphatic hydroxyl groups is 4. The van der Waals surface area contributed by atoms with Gasteiger partial charge < -0.3 is 36.7 Å². The fourth-order valence-corrected chi connectivity index (χ4v) is 5.63. The van der Waals surface area contributed by atoms with Crippen molar-refractivity contribution < 1.29 is 25.3 Å². The Bertz CT molecular complexity index is 1480. The number of oxime groups is 1. The third-order valence-corrected chi connectivity index (χ3v) is 9.39. The van der Waals surface area contributed by atoms with E-state index in [-0.39, 0.29) is 38.3 Å². The summed E-state index contributed by atoms with van der Waals surface area (Å²) in [4.78, 5) is 6.03. The lowest BCUT2D eigenvalue weighted by atomic mass is 9.84. The van der Waals surface area contributed by atoms with Gasteiger partial charge in [-0.15, -0.1) is 0 Å². The van der Waals surface area contributed by atoms with Crippen LogP contribution in [0.4, 0.5) is 0 Å². The summed E-state index contributed by atoms with van der Waals surface area (Å²) in [5, 5.41) is 43.0. The van der Waals surface area contributed by atoms with E-state index in [1.165, 1.54) is 5.56 Å².